The minimum Gasteiger partial charge on any atom is -0.356 e. The first-order valence-corrected chi connectivity index (χ1v) is 11.3. The molecule has 27 heavy (non-hydrogen) atoms. The summed E-state index contributed by atoms with van der Waals surface area (Å²) >= 11 is 0. The Bertz CT molecular complexity index is 541. The van der Waals surface area contributed by atoms with Crippen LogP contribution in [0.4, 0.5) is 11.8 Å². The van der Waals surface area contributed by atoms with E-state index in [9.17, 15) is 0 Å². The van der Waals surface area contributed by atoms with Gasteiger partial charge in [-0.3, -0.25) is 4.90 Å². The molecule has 2 aliphatic heterocycles. The van der Waals surface area contributed by atoms with Gasteiger partial charge in [-0.2, -0.15) is 4.98 Å². The highest BCUT2D eigenvalue weighted by Crippen LogP contribution is 2.21. The molecule has 3 heterocycles. The van der Waals surface area contributed by atoms with Crippen molar-refractivity contribution in [3.05, 3.63) is 12.3 Å². The highest BCUT2D eigenvalue weighted by Gasteiger charge is 2.22. The maximum absolute atomic E-state index is 4.87. The summed E-state index contributed by atoms with van der Waals surface area (Å²) in [4.78, 5) is 14.5. The van der Waals surface area contributed by atoms with Gasteiger partial charge in [0.05, 0.1) is 0 Å². The van der Waals surface area contributed by atoms with Gasteiger partial charge in [0.1, 0.15) is 5.82 Å². The number of anilines is 2. The second-order valence-electron chi connectivity index (χ2n) is 8.46. The highest BCUT2D eigenvalue weighted by molar-refractivity contribution is 5.43. The molecule has 5 nitrogen and oxygen atoms in total. The fraction of sp³-hybridized carbons (Fsp3) is 0.818. The average Bonchev–Trinajstić information content (AvgIpc) is 3.09. The summed E-state index contributed by atoms with van der Waals surface area (Å²) in [6, 6.07) is 3.20. The molecular weight excluding hydrogens is 334 g/mol. The lowest BCUT2D eigenvalue weighted by Crippen LogP contribution is -2.40. The van der Waals surface area contributed by atoms with Crippen molar-refractivity contribution in [1.29, 1.82) is 0 Å². The fourth-order valence-electron chi connectivity index (χ4n) is 4.45. The monoisotopic (exact) mass is 373 g/mol. The number of unbranched alkanes of at least 4 members (excludes halogenated alkanes) is 1. The van der Waals surface area contributed by atoms with Crippen LogP contribution in [0.3, 0.4) is 0 Å². The van der Waals surface area contributed by atoms with Crippen molar-refractivity contribution in [3.63, 3.8) is 0 Å². The number of nitrogens with zero attached hydrogens (tertiary/aromatic N) is 4. The van der Waals surface area contributed by atoms with Crippen LogP contribution >= 0.6 is 0 Å². The standard InChI is InChI=1S/C22H39N5/c1-3-4-11-19(2)27-17-10-7-12-20(18-27)24-22-23-14-13-21(25-22)26-15-8-5-6-9-16-26/h13-14,19-20H,3-12,15-18H2,1-2H3,(H,23,24,25). The van der Waals surface area contributed by atoms with Gasteiger partial charge in [0, 0.05) is 37.9 Å². The zero-order valence-electron chi connectivity index (χ0n) is 17.5. The summed E-state index contributed by atoms with van der Waals surface area (Å²) < 4.78 is 0. The number of aromatic nitrogens is 2. The molecule has 0 aromatic carbocycles. The smallest absolute Gasteiger partial charge is 0.224 e. The maximum Gasteiger partial charge on any atom is 0.224 e. The molecule has 0 amide bonds. The van der Waals surface area contributed by atoms with Crippen molar-refractivity contribution in [2.75, 3.05) is 36.4 Å². The van der Waals surface area contributed by atoms with E-state index in [1.807, 2.05) is 6.20 Å². The van der Waals surface area contributed by atoms with Crippen molar-refractivity contribution in [2.45, 2.75) is 90.1 Å². The van der Waals surface area contributed by atoms with Crippen LogP contribution in [-0.4, -0.2) is 53.1 Å². The minimum absolute atomic E-state index is 0.455. The van der Waals surface area contributed by atoms with E-state index in [1.54, 1.807) is 0 Å². The molecule has 3 rings (SSSR count). The Morgan fingerprint density at radius 1 is 1.11 bits per heavy atom. The van der Waals surface area contributed by atoms with Gasteiger partial charge in [0.2, 0.25) is 5.95 Å². The van der Waals surface area contributed by atoms with Crippen LogP contribution in [0.5, 0.6) is 0 Å². The molecule has 1 aromatic heterocycles. The van der Waals surface area contributed by atoms with E-state index in [4.69, 9.17) is 4.98 Å². The van der Waals surface area contributed by atoms with Crippen molar-refractivity contribution in [1.82, 2.24) is 14.9 Å². The fourth-order valence-corrected chi connectivity index (χ4v) is 4.45. The quantitative estimate of drug-likeness (QED) is 0.750. The van der Waals surface area contributed by atoms with Crippen molar-refractivity contribution >= 4 is 11.8 Å². The number of likely N-dealkylation sites (tertiary alicyclic amines) is 1. The van der Waals surface area contributed by atoms with Gasteiger partial charge in [-0.1, -0.05) is 39.0 Å². The number of nitrogens with one attached hydrogen (secondary N) is 1. The van der Waals surface area contributed by atoms with Crippen molar-refractivity contribution < 1.29 is 0 Å². The van der Waals surface area contributed by atoms with Crippen LogP contribution in [0.25, 0.3) is 0 Å². The predicted octanol–water partition coefficient (Wildman–Crippen LogP) is 4.70. The highest BCUT2D eigenvalue weighted by atomic mass is 15.2. The van der Waals surface area contributed by atoms with E-state index in [0.29, 0.717) is 12.1 Å². The second-order valence-corrected chi connectivity index (χ2v) is 8.46. The third kappa shape index (κ3) is 6.34. The first-order chi connectivity index (χ1) is 13.3. The number of hydrogen-bond donors (Lipinski definition) is 1. The molecule has 0 saturated carbocycles. The summed E-state index contributed by atoms with van der Waals surface area (Å²) in [7, 11) is 0. The van der Waals surface area contributed by atoms with E-state index in [0.717, 1.165) is 31.4 Å². The summed E-state index contributed by atoms with van der Waals surface area (Å²) in [5.41, 5.74) is 0. The van der Waals surface area contributed by atoms with Gasteiger partial charge in [-0.05, 0) is 51.6 Å². The summed E-state index contributed by atoms with van der Waals surface area (Å²) in [6.45, 7) is 9.29. The average molecular weight is 374 g/mol. The van der Waals surface area contributed by atoms with Crippen LogP contribution in [0, 0.1) is 0 Å². The molecule has 152 valence electrons. The Labute approximate surface area is 165 Å². The molecule has 2 unspecified atom stereocenters. The Morgan fingerprint density at radius 2 is 1.89 bits per heavy atom. The van der Waals surface area contributed by atoms with E-state index < -0.39 is 0 Å². The molecule has 2 fully saturated rings. The Morgan fingerprint density at radius 3 is 2.67 bits per heavy atom. The first-order valence-electron chi connectivity index (χ1n) is 11.3. The molecule has 2 saturated heterocycles. The Balaban J connectivity index is 1.60. The van der Waals surface area contributed by atoms with Gasteiger partial charge in [-0.25, -0.2) is 4.98 Å². The molecular formula is C22H39N5. The minimum atomic E-state index is 0.455. The number of rotatable bonds is 7. The first kappa shape index (κ1) is 20.4. The third-order valence-corrected chi connectivity index (χ3v) is 6.21. The maximum atomic E-state index is 4.87. The van der Waals surface area contributed by atoms with Crippen LogP contribution in [-0.2, 0) is 0 Å². The van der Waals surface area contributed by atoms with Gasteiger partial charge in [0.15, 0.2) is 0 Å². The van der Waals surface area contributed by atoms with Crippen molar-refractivity contribution in [2.24, 2.45) is 0 Å². The van der Waals surface area contributed by atoms with E-state index in [1.165, 1.54) is 70.8 Å². The van der Waals surface area contributed by atoms with Gasteiger partial charge < -0.3 is 10.2 Å². The van der Waals surface area contributed by atoms with E-state index in [2.05, 4.69) is 40.0 Å². The summed E-state index contributed by atoms with van der Waals surface area (Å²) in [5.74, 6) is 1.90. The number of hydrogen-bond acceptors (Lipinski definition) is 5. The normalized spacial score (nSPS) is 23.5. The predicted molar refractivity (Wildman–Crippen MR) is 115 cm³/mol. The largest absolute Gasteiger partial charge is 0.356 e. The topological polar surface area (TPSA) is 44.3 Å². The van der Waals surface area contributed by atoms with E-state index in [-0.39, 0.29) is 0 Å². The van der Waals surface area contributed by atoms with E-state index >= 15 is 0 Å². The van der Waals surface area contributed by atoms with Crippen LogP contribution in [0.15, 0.2) is 12.3 Å². The molecule has 0 aliphatic carbocycles. The summed E-state index contributed by atoms with van der Waals surface area (Å²) in [6.07, 6.45) is 14.9. The van der Waals surface area contributed by atoms with Crippen molar-refractivity contribution in [3.8, 4) is 0 Å². The van der Waals surface area contributed by atoms with Gasteiger partial charge in [-0.15, -0.1) is 0 Å². The molecule has 0 radical (unpaired) electrons. The molecule has 1 aromatic rings. The summed E-state index contributed by atoms with van der Waals surface area (Å²) in [5, 5.41) is 3.67. The lowest BCUT2D eigenvalue weighted by atomic mass is 10.1. The third-order valence-electron chi connectivity index (χ3n) is 6.21. The SMILES string of the molecule is CCCCC(C)N1CCCCC(Nc2nccc(N3CCCCCC3)n2)C1. The second kappa shape index (κ2) is 10.8. The molecule has 2 aliphatic rings. The van der Waals surface area contributed by atoms with Crippen LogP contribution in [0.1, 0.15) is 78.1 Å². The zero-order chi connectivity index (χ0) is 18.9. The van der Waals surface area contributed by atoms with Crippen LogP contribution in [0.2, 0.25) is 0 Å². The molecule has 2 atom stereocenters. The Kier molecular flexibility index (Phi) is 8.18. The van der Waals surface area contributed by atoms with Gasteiger partial charge >= 0.3 is 0 Å². The van der Waals surface area contributed by atoms with Crippen LogP contribution < -0.4 is 10.2 Å². The zero-order valence-corrected chi connectivity index (χ0v) is 17.5. The van der Waals surface area contributed by atoms with Gasteiger partial charge in [0.25, 0.3) is 0 Å². The molecule has 0 spiro atoms. The lowest BCUT2D eigenvalue weighted by Gasteiger charge is -2.30. The Hall–Kier alpha value is -1.36. The molecule has 5 heteroatoms. The lowest BCUT2D eigenvalue weighted by molar-refractivity contribution is 0.199. The molecule has 1 N–H and O–H groups in total. The molecule has 0 bridgehead atoms.